The molecule has 0 aliphatic rings. The Morgan fingerprint density at radius 2 is 1.74 bits per heavy atom. The molecule has 3 rings (SSSR count). The fraction of sp³-hybridized carbons (Fsp3) is 0.176. The number of thiophene rings is 1. The molecule has 0 saturated heterocycles. The van der Waals surface area contributed by atoms with Gasteiger partial charge in [0.2, 0.25) is 0 Å². The van der Waals surface area contributed by atoms with Gasteiger partial charge in [-0.2, -0.15) is 0 Å². The lowest BCUT2D eigenvalue weighted by Gasteiger charge is -2.06. The zero-order valence-electron chi connectivity index (χ0n) is 11.2. The molecule has 0 radical (unpaired) electrons. The molecule has 0 fully saturated rings. The topological polar surface area (TPSA) is 12.0 Å². The van der Waals surface area contributed by atoms with Gasteiger partial charge in [0.05, 0.1) is 0 Å². The van der Waals surface area contributed by atoms with Crippen molar-refractivity contribution in [1.82, 2.24) is 5.32 Å². The first-order chi connectivity index (χ1) is 9.28. The molecule has 2 aromatic carbocycles. The lowest BCUT2D eigenvalue weighted by molar-refractivity contribution is 0.664. The Bertz CT molecular complexity index is 699. The Hall–Kier alpha value is -1.64. The quantitative estimate of drug-likeness (QED) is 0.715. The van der Waals surface area contributed by atoms with Crippen molar-refractivity contribution in [2.24, 2.45) is 0 Å². The molecule has 19 heavy (non-hydrogen) atoms. The van der Waals surface area contributed by atoms with Crippen LogP contribution in [0.1, 0.15) is 17.8 Å². The van der Waals surface area contributed by atoms with E-state index in [4.69, 9.17) is 0 Å². The summed E-state index contributed by atoms with van der Waals surface area (Å²) in [6.45, 7) is 2.19. The summed E-state index contributed by atoms with van der Waals surface area (Å²) in [4.78, 5) is 2.72. The molecule has 0 amide bonds. The van der Waals surface area contributed by atoms with Gasteiger partial charge >= 0.3 is 0 Å². The van der Waals surface area contributed by atoms with E-state index in [9.17, 15) is 0 Å². The van der Waals surface area contributed by atoms with Gasteiger partial charge in [0.15, 0.2) is 0 Å². The number of benzene rings is 2. The van der Waals surface area contributed by atoms with E-state index in [0.717, 1.165) is 0 Å². The fourth-order valence-electron chi connectivity index (χ4n) is 2.23. The van der Waals surface area contributed by atoms with Crippen LogP contribution in [0, 0.1) is 0 Å². The Morgan fingerprint density at radius 3 is 2.53 bits per heavy atom. The maximum Gasteiger partial charge on any atom is 0.0383 e. The van der Waals surface area contributed by atoms with Crippen molar-refractivity contribution in [2.45, 2.75) is 13.0 Å². The predicted octanol–water partition coefficient (Wildman–Crippen LogP) is 4.85. The van der Waals surface area contributed by atoms with Crippen LogP contribution < -0.4 is 5.32 Å². The van der Waals surface area contributed by atoms with Crippen molar-refractivity contribution in [2.75, 3.05) is 7.05 Å². The molecule has 0 aliphatic heterocycles. The van der Waals surface area contributed by atoms with E-state index in [1.54, 1.807) is 0 Å². The van der Waals surface area contributed by atoms with Crippen LogP contribution in [0.4, 0.5) is 0 Å². The Kier molecular flexibility index (Phi) is 3.36. The summed E-state index contributed by atoms with van der Waals surface area (Å²) in [5.41, 5.74) is 1.30. The second-order valence-corrected chi connectivity index (χ2v) is 5.89. The third-order valence-electron chi connectivity index (χ3n) is 3.52. The highest BCUT2D eigenvalue weighted by atomic mass is 32.1. The van der Waals surface area contributed by atoms with Gasteiger partial charge in [0, 0.05) is 15.8 Å². The summed E-state index contributed by atoms with van der Waals surface area (Å²) in [6.07, 6.45) is 0. The number of hydrogen-bond donors (Lipinski definition) is 1. The van der Waals surface area contributed by atoms with Gasteiger partial charge in [-0.1, -0.05) is 36.4 Å². The van der Waals surface area contributed by atoms with Gasteiger partial charge in [-0.05, 0) is 48.5 Å². The minimum atomic E-state index is 0.416. The number of nitrogens with one attached hydrogen (secondary N) is 1. The zero-order valence-corrected chi connectivity index (χ0v) is 12.0. The summed E-state index contributed by atoms with van der Waals surface area (Å²) < 4.78 is 0. The molecular weight excluding hydrogens is 250 g/mol. The van der Waals surface area contributed by atoms with Crippen molar-refractivity contribution in [3.05, 3.63) is 59.5 Å². The fourth-order valence-corrected chi connectivity index (χ4v) is 3.29. The van der Waals surface area contributed by atoms with Crippen LogP contribution in [-0.4, -0.2) is 7.05 Å². The molecule has 1 heterocycles. The van der Waals surface area contributed by atoms with Gasteiger partial charge in [0.1, 0.15) is 0 Å². The second-order valence-electron chi connectivity index (χ2n) is 4.77. The standard InChI is InChI=1S/C17H17NS/c1-12(18-2)16-9-10-17(19-16)15-8-7-13-5-3-4-6-14(13)11-15/h3-12,18H,1-2H3. The first-order valence-corrected chi connectivity index (χ1v) is 7.36. The summed E-state index contributed by atoms with van der Waals surface area (Å²) in [5.74, 6) is 0. The smallest absolute Gasteiger partial charge is 0.0383 e. The summed E-state index contributed by atoms with van der Waals surface area (Å²) in [5, 5.41) is 5.89. The van der Waals surface area contributed by atoms with E-state index in [1.165, 1.54) is 26.1 Å². The molecule has 2 heteroatoms. The maximum absolute atomic E-state index is 3.29. The molecule has 1 aromatic heterocycles. The zero-order chi connectivity index (χ0) is 13.2. The van der Waals surface area contributed by atoms with Gasteiger partial charge < -0.3 is 5.32 Å². The van der Waals surface area contributed by atoms with Crippen molar-refractivity contribution in [3.63, 3.8) is 0 Å². The van der Waals surface area contributed by atoms with E-state index in [1.807, 2.05) is 18.4 Å². The predicted molar refractivity (Wildman–Crippen MR) is 84.7 cm³/mol. The average Bonchev–Trinajstić information content (AvgIpc) is 2.95. The van der Waals surface area contributed by atoms with Crippen LogP contribution in [0.25, 0.3) is 21.2 Å². The molecule has 0 bridgehead atoms. The highest BCUT2D eigenvalue weighted by molar-refractivity contribution is 7.15. The Balaban J connectivity index is 2.01. The minimum absolute atomic E-state index is 0.416. The van der Waals surface area contributed by atoms with E-state index < -0.39 is 0 Å². The van der Waals surface area contributed by atoms with Crippen LogP contribution in [0.15, 0.2) is 54.6 Å². The first-order valence-electron chi connectivity index (χ1n) is 6.54. The van der Waals surface area contributed by atoms with E-state index >= 15 is 0 Å². The summed E-state index contributed by atoms with van der Waals surface area (Å²) in [7, 11) is 2.00. The lowest BCUT2D eigenvalue weighted by atomic mass is 10.1. The van der Waals surface area contributed by atoms with E-state index in [-0.39, 0.29) is 0 Å². The number of hydrogen-bond acceptors (Lipinski definition) is 2. The minimum Gasteiger partial charge on any atom is -0.313 e. The van der Waals surface area contributed by atoms with Crippen LogP contribution in [0.3, 0.4) is 0 Å². The molecule has 3 aromatic rings. The highest BCUT2D eigenvalue weighted by Crippen LogP contribution is 2.32. The first kappa shape index (κ1) is 12.4. The Labute approximate surface area is 117 Å². The molecule has 0 spiro atoms. The molecular formula is C17H17NS. The van der Waals surface area contributed by atoms with Gasteiger partial charge in [0.25, 0.3) is 0 Å². The van der Waals surface area contributed by atoms with Gasteiger partial charge in [-0.25, -0.2) is 0 Å². The molecule has 1 nitrogen and oxygen atoms in total. The van der Waals surface area contributed by atoms with Crippen molar-refractivity contribution in [1.29, 1.82) is 0 Å². The third kappa shape index (κ3) is 2.42. The van der Waals surface area contributed by atoms with E-state index in [2.05, 4.69) is 66.8 Å². The monoisotopic (exact) mass is 267 g/mol. The summed E-state index contributed by atoms with van der Waals surface area (Å²) in [6, 6.07) is 20.0. The largest absolute Gasteiger partial charge is 0.313 e. The second kappa shape index (κ2) is 5.16. The normalized spacial score (nSPS) is 12.7. The van der Waals surface area contributed by atoms with Crippen LogP contribution >= 0.6 is 11.3 Å². The molecule has 0 aliphatic carbocycles. The summed E-state index contributed by atoms with van der Waals surface area (Å²) >= 11 is 1.86. The maximum atomic E-state index is 3.29. The van der Waals surface area contributed by atoms with Crippen molar-refractivity contribution >= 4 is 22.1 Å². The molecule has 1 atom stereocenters. The van der Waals surface area contributed by atoms with E-state index in [0.29, 0.717) is 6.04 Å². The Morgan fingerprint density at radius 1 is 0.947 bits per heavy atom. The van der Waals surface area contributed by atoms with Crippen molar-refractivity contribution < 1.29 is 0 Å². The van der Waals surface area contributed by atoms with Crippen LogP contribution in [0.2, 0.25) is 0 Å². The third-order valence-corrected chi connectivity index (χ3v) is 4.84. The molecule has 1 unspecified atom stereocenters. The van der Waals surface area contributed by atoms with Gasteiger partial charge in [-0.3, -0.25) is 0 Å². The van der Waals surface area contributed by atoms with Gasteiger partial charge in [-0.15, -0.1) is 11.3 Å². The molecule has 1 N–H and O–H groups in total. The highest BCUT2D eigenvalue weighted by Gasteiger charge is 2.08. The molecule has 0 saturated carbocycles. The SMILES string of the molecule is CNC(C)c1ccc(-c2ccc3ccccc3c2)s1. The average molecular weight is 267 g/mol. The molecule has 96 valence electrons. The lowest BCUT2D eigenvalue weighted by Crippen LogP contribution is -2.10. The van der Waals surface area contributed by atoms with Crippen LogP contribution in [-0.2, 0) is 0 Å². The van der Waals surface area contributed by atoms with Crippen molar-refractivity contribution in [3.8, 4) is 10.4 Å². The van der Waals surface area contributed by atoms with Crippen LogP contribution in [0.5, 0.6) is 0 Å². The number of rotatable bonds is 3. The number of fused-ring (bicyclic) bond motifs is 1.